The number of rotatable bonds is 6. The Morgan fingerprint density at radius 2 is 1.46 bits per heavy atom. The van der Waals surface area contributed by atoms with Gasteiger partial charge in [0, 0.05) is 6.07 Å². The zero-order chi connectivity index (χ0) is 26.4. The maximum absolute atomic E-state index is 10.6. The molecule has 0 aliphatic heterocycles. The summed E-state index contributed by atoms with van der Waals surface area (Å²) < 4.78 is 9.81. The van der Waals surface area contributed by atoms with E-state index in [4.69, 9.17) is 35.2 Å². The number of nitriles is 1. The standard InChI is InChI=1S/C10H7NO3.C9H10O4.C6H10O2/c11-6-8(10(13)14)5-7-1-3-9(12)4-2-7;1-12-7-3-6(9(10)11)4-8(5-7)13-2;7-6(8)5-3-1-2-4-5/h1-5,12H,(H,13,14);3-5H,1-2H3,(H,10,11);5H,1-4H2,(H,7,8)/b8-5+;;. The summed E-state index contributed by atoms with van der Waals surface area (Å²) in [7, 11) is 2.95. The van der Waals surface area contributed by atoms with Crippen LogP contribution >= 0.6 is 0 Å². The van der Waals surface area contributed by atoms with Gasteiger partial charge in [0.2, 0.25) is 0 Å². The second-order valence-corrected chi connectivity index (χ2v) is 7.29. The van der Waals surface area contributed by atoms with E-state index in [-0.39, 0.29) is 22.8 Å². The molecule has 1 aliphatic carbocycles. The Labute approximate surface area is 202 Å². The maximum atomic E-state index is 10.6. The second-order valence-electron chi connectivity index (χ2n) is 7.29. The van der Waals surface area contributed by atoms with Gasteiger partial charge >= 0.3 is 17.9 Å². The molecule has 35 heavy (non-hydrogen) atoms. The Bertz CT molecular complexity index is 1060. The lowest BCUT2D eigenvalue weighted by molar-refractivity contribution is -0.141. The van der Waals surface area contributed by atoms with Gasteiger partial charge in [-0.1, -0.05) is 25.0 Å². The van der Waals surface area contributed by atoms with Crippen molar-refractivity contribution >= 4 is 24.0 Å². The van der Waals surface area contributed by atoms with Crippen LogP contribution in [0.5, 0.6) is 17.2 Å². The number of carbonyl (C=O) groups is 3. The van der Waals surface area contributed by atoms with E-state index in [1.807, 2.05) is 0 Å². The number of aliphatic carboxylic acids is 2. The Hall–Kier alpha value is -4.52. The first-order valence-corrected chi connectivity index (χ1v) is 10.4. The van der Waals surface area contributed by atoms with Crippen LogP contribution < -0.4 is 9.47 Å². The minimum atomic E-state index is -1.26. The maximum Gasteiger partial charge on any atom is 0.346 e. The summed E-state index contributed by atoms with van der Waals surface area (Å²) in [6.07, 6.45) is 5.25. The Morgan fingerprint density at radius 3 is 1.80 bits per heavy atom. The lowest BCUT2D eigenvalue weighted by Crippen LogP contribution is -2.07. The van der Waals surface area contributed by atoms with E-state index >= 15 is 0 Å². The number of methoxy groups -OCH3 is 2. The van der Waals surface area contributed by atoms with E-state index in [0.29, 0.717) is 17.1 Å². The van der Waals surface area contributed by atoms with E-state index in [2.05, 4.69) is 0 Å². The van der Waals surface area contributed by atoms with Crippen LogP contribution in [-0.4, -0.2) is 52.6 Å². The monoisotopic (exact) mass is 485 g/mol. The fourth-order valence-electron chi connectivity index (χ4n) is 2.98. The fourth-order valence-corrected chi connectivity index (χ4v) is 2.98. The van der Waals surface area contributed by atoms with E-state index in [9.17, 15) is 14.4 Å². The predicted molar refractivity (Wildman–Crippen MR) is 125 cm³/mol. The number of nitrogens with zero attached hydrogens (tertiary/aromatic N) is 1. The molecule has 10 nitrogen and oxygen atoms in total. The van der Waals surface area contributed by atoms with Crippen molar-refractivity contribution in [3.63, 3.8) is 0 Å². The van der Waals surface area contributed by atoms with Crippen molar-refractivity contribution in [2.75, 3.05) is 14.2 Å². The minimum absolute atomic E-state index is 0.0185. The van der Waals surface area contributed by atoms with Crippen molar-refractivity contribution in [3.8, 4) is 23.3 Å². The molecule has 0 aromatic heterocycles. The number of benzene rings is 2. The average molecular weight is 485 g/mol. The molecule has 0 atom stereocenters. The summed E-state index contributed by atoms with van der Waals surface area (Å²) >= 11 is 0. The molecule has 186 valence electrons. The third-order valence-electron chi connectivity index (χ3n) is 4.86. The van der Waals surface area contributed by atoms with Gasteiger partial charge in [0.25, 0.3) is 0 Å². The molecular formula is C25H27NO9. The van der Waals surface area contributed by atoms with Gasteiger partial charge < -0.3 is 29.9 Å². The van der Waals surface area contributed by atoms with Gasteiger partial charge in [-0.05, 0) is 48.7 Å². The van der Waals surface area contributed by atoms with Gasteiger partial charge in [-0.15, -0.1) is 0 Å². The zero-order valence-electron chi connectivity index (χ0n) is 19.3. The molecule has 0 spiro atoms. The van der Waals surface area contributed by atoms with E-state index < -0.39 is 17.9 Å². The highest BCUT2D eigenvalue weighted by molar-refractivity contribution is 5.96. The summed E-state index contributed by atoms with van der Waals surface area (Å²) in [6, 6.07) is 11.9. The van der Waals surface area contributed by atoms with Crippen LogP contribution in [0.3, 0.4) is 0 Å². The highest BCUT2D eigenvalue weighted by atomic mass is 16.5. The van der Waals surface area contributed by atoms with Crippen LogP contribution in [0.1, 0.15) is 41.6 Å². The Morgan fingerprint density at radius 1 is 0.943 bits per heavy atom. The summed E-state index contributed by atoms with van der Waals surface area (Å²) in [4.78, 5) is 31.3. The van der Waals surface area contributed by atoms with Crippen molar-refractivity contribution in [1.29, 1.82) is 5.26 Å². The summed E-state index contributed by atoms with van der Waals surface area (Å²) in [5.41, 5.74) is 0.369. The van der Waals surface area contributed by atoms with Crippen molar-refractivity contribution in [2.24, 2.45) is 5.92 Å². The number of hydrogen-bond acceptors (Lipinski definition) is 7. The third-order valence-corrected chi connectivity index (χ3v) is 4.86. The third kappa shape index (κ3) is 10.3. The smallest absolute Gasteiger partial charge is 0.346 e. The lowest BCUT2D eigenvalue weighted by Gasteiger charge is -2.05. The molecule has 0 saturated heterocycles. The molecule has 2 aromatic carbocycles. The molecule has 2 aromatic rings. The SMILES string of the molecule is COc1cc(OC)cc(C(=O)O)c1.N#C/C(=C\c1ccc(O)cc1)C(=O)O.O=C(O)C1CCCC1. The first-order chi connectivity index (χ1) is 16.6. The van der Waals surface area contributed by atoms with Crippen molar-refractivity contribution < 1.29 is 44.3 Å². The van der Waals surface area contributed by atoms with E-state index in [1.165, 1.54) is 56.7 Å². The minimum Gasteiger partial charge on any atom is -0.508 e. The highest BCUT2D eigenvalue weighted by Crippen LogP contribution is 2.24. The quantitative estimate of drug-likeness (QED) is 0.345. The largest absolute Gasteiger partial charge is 0.508 e. The van der Waals surface area contributed by atoms with Gasteiger partial charge in [0.15, 0.2) is 0 Å². The van der Waals surface area contributed by atoms with Gasteiger partial charge in [0.05, 0.1) is 25.7 Å². The first-order valence-electron chi connectivity index (χ1n) is 10.4. The fraction of sp³-hybridized carbons (Fsp3) is 0.280. The molecule has 10 heteroatoms. The number of aromatic carboxylic acids is 1. The first kappa shape index (κ1) is 28.5. The summed E-state index contributed by atoms with van der Waals surface area (Å²) in [6.45, 7) is 0. The summed E-state index contributed by atoms with van der Waals surface area (Å²) in [5.74, 6) is -1.86. The average Bonchev–Trinajstić information content (AvgIpc) is 3.39. The van der Waals surface area contributed by atoms with Gasteiger partial charge in [-0.2, -0.15) is 5.26 Å². The van der Waals surface area contributed by atoms with Crippen molar-refractivity contribution in [3.05, 3.63) is 59.2 Å². The van der Waals surface area contributed by atoms with Crippen LogP contribution in [0.25, 0.3) is 6.08 Å². The van der Waals surface area contributed by atoms with Gasteiger partial charge in [-0.3, -0.25) is 4.79 Å². The van der Waals surface area contributed by atoms with Gasteiger partial charge in [0.1, 0.15) is 28.9 Å². The number of phenolic OH excluding ortho intramolecular Hbond substituents is 1. The molecule has 0 unspecified atom stereocenters. The summed E-state index contributed by atoms with van der Waals surface area (Å²) in [5, 5.41) is 43.1. The normalized spacial score (nSPS) is 12.7. The number of carboxylic acid groups (broad SMARTS) is 3. The molecular weight excluding hydrogens is 458 g/mol. The lowest BCUT2D eigenvalue weighted by atomic mass is 10.1. The van der Waals surface area contributed by atoms with Crippen molar-refractivity contribution in [2.45, 2.75) is 25.7 Å². The van der Waals surface area contributed by atoms with Crippen LogP contribution in [0.2, 0.25) is 0 Å². The molecule has 1 saturated carbocycles. The number of ether oxygens (including phenoxy) is 2. The molecule has 0 heterocycles. The molecule has 3 rings (SSSR count). The number of hydrogen-bond donors (Lipinski definition) is 4. The molecule has 1 aliphatic rings. The molecule has 4 N–H and O–H groups in total. The molecule has 0 bridgehead atoms. The molecule has 1 fully saturated rings. The van der Waals surface area contributed by atoms with Crippen LogP contribution in [0.4, 0.5) is 0 Å². The van der Waals surface area contributed by atoms with Crippen LogP contribution in [0.15, 0.2) is 48.0 Å². The Balaban J connectivity index is 0.000000272. The van der Waals surface area contributed by atoms with Crippen LogP contribution in [0, 0.1) is 17.2 Å². The zero-order valence-corrected chi connectivity index (χ0v) is 19.3. The number of phenols is 1. The van der Waals surface area contributed by atoms with Gasteiger partial charge in [-0.25, -0.2) is 9.59 Å². The second kappa shape index (κ2) is 14.6. The number of carboxylic acids is 3. The number of aromatic hydroxyl groups is 1. The highest BCUT2D eigenvalue weighted by Gasteiger charge is 2.21. The predicted octanol–water partition coefficient (Wildman–Crippen LogP) is 4.05. The van der Waals surface area contributed by atoms with Crippen molar-refractivity contribution in [1.82, 2.24) is 0 Å². The van der Waals surface area contributed by atoms with E-state index in [0.717, 1.165) is 25.7 Å². The molecule has 0 radical (unpaired) electrons. The van der Waals surface area contributed by atoms with Crippen LogP contribution in [-0.2, 0) is 9.59 Å². The van der Waals surface area contributed by atoms with E-state index in [1.54, 1.807) is 12.1 Å². The molecule has 0 amide bonds. The Kier molecular flexibility index (Phi) is 11.9. The topological polar surface area (TPSA) is 174 Å².